The van der Waals surface area contributed by atoms with Crippen molar-refractivity contribution in [1.82, 2.24) is 15.1 Å². The summed E-state index contributed by atoms with van der Waals surface area (Å²) < 4.78 is 3.11. The van der Waals surface area contributed by atoms with E-state index >= 15 is 0 Å². The summed E-state index contributed by atoms with van der Waals surface area (Å²) in [5, 5.41) is 7.93. The molecule has 4 heteroatoms. The normalized spacial score (nSPS) is 12.6. The Kier molecular flexibility index (Phi) is 4.77. The minimum atomic E-state index is 0.197. The third-order valence-electron chi connectivity index (χ3n) is 3.34. The van der Waals surface area contributed by atoms with Crippen molar-refractivity contribution in [3.8, 4) is 0 Å². The Labute approximate surface area is 123 Å². The Morgan fingerprint density at radius 3 is 2.79 bits per heavy atom. The molecular formula is C15H20BrN3. The van der Waals surface area contributed by atoms with Gasteiger partial charge in [-0.05, 0) is 37.6 Å². The highest BCUT2D eigenvalue weighted by Gasteiger charge is 2.17. The van der Waals surface area contributed by atoms with Gasteiger partial charge in [0.2, 0.25) is 0 Å². The molecule has 1 unspecified atom stereocenters. The topological polar surface area (TPSA) is 29.9 Å². The third kappa shape index (κ3) is 3.07. The first-order valence-electron chi connectivity index (χ1n) is 6.68. The van der Waals surface area contributed by atoms with Crippen molar-refractivity contribution in [2.24, 2.45) is 0 Å². The lowest BCUT2D eigenvalue weighted by Gasteiger charge is -2.19. The first-order chi connectivity index (χ1) is 9.17. The molecule has 1 N–H and O–H groups in total. The molecule has 1 heterocycles. The van der Waals surface area contributed by atoms with Gasteiger partial charge in [-0.15, -0.1) is 0 Å². The van der Waals surface area contributed by atoms with E-state index in [0.717, 1.165) is 17.6 Å². The highest BCUT2D eigenvalue weighted by Crippen LogP contribution is 2.28. The molecule has 0 aliphatic rings. The molecule has 0 radical (unpaired) electrons. The molecule has 0 saturated heterocycles. The molecule has 0 bridgehead atoms. The minimum absolute atomic E-state index is 0.197. The van der Waals surface area contributed by atoms with Gasteiger partial charge < -0.3 is 5.32 Å². The SMILES string of the molecule is CCNC(c1cnn(CC)c1)c1cccc(Br)c1C. The molecule has 102 valence electrons. The molecule has 0 aliphatic carbocycles. The van der Waals surface area contributed by atoms with Crippen molar-refractivity contribution in [2.45, 2.75) is 33.4 Å². The van der Waals surface area contributed by atoms with Crippen molar-refractivity contribution < 1.29 is 0 Å². The fraction of sp³-hybridized carbons (Fsp3) is 0.400. The second-order valence-corrected chi connectivity index (χ2v) is 5.43. The van der Waals surface area contributed by atoms with Gasteiger partial charge in [0.05, 0.1) is 12.2 Å². The number of benzene rings is 1. The van der Waals surface area contributed by atoms with E-state index < -0.39 is 0 Å². The third-order valence-corrected chi connectivity index (χ3v) is 4.20. The van der Waals surface area contributed by atoms with Gasteiger partial charge in [0.25, 0.3) is 0 Å². The van der Waals surface area contributed by atoms with E-state index in [1.807, 2.05) is 10.9 Å². The molecule has 0 spiro atoms. The average Bonchev–Trinajstić information content (AvgIpc) is 2.88. The highest BCUT2D eigenvalue weighted by molar-refractivity contribution is 9.10. The number of aryl methyl sites for hydroxylation is 1. The van der Waals surface area contributed by atoms with Crippen LogP contribution in [0.5, 0.6) is 0 Å². The average molecular weight is 322 g/mol. The maximum Gasteiger partial charge on any atom is 0.0610 e. The summed E-state index contributed by atoms with van der Waals surface area (Å²) >= 11 is 3.61. The van der Waals surface area contributed by atoms with Crippen LogP contribution in [0.25, 0.3) is 0 Å². The Morgan fingerprint density at radius 1 is 1.37 bits per heavy atom. The van der Waals surface area contributed by atoms with Crippen LogP contribution in [-0.4, -0.2) is 16.3 Å². The van der Waals surface area contributed by atoms with Gasteiger partial charge in [-0.3, -0.25) is 4.68 Å². The van der Waals surface area contributed by atoms with Crippen molar-refractivity contribution in [3.63, 3.8) is 0 Å². The lowest BCUT2D eigenvalue weighted by Crippen LogP contribution is -2.22. The first-order valence-corrected chi connectivity index (χ1v) is 7.47. The van der Waals surface area contributed by atoms with E-state index in [2.05, 4.69) is 71.5 Å². The summed E-state index contributed by atoms with van der Waals surface area (Å²) in [5.41, 5.74) is 3.79. The van der Waals surface area contributed by atoms with E-state index in [4.69, 9.17) is 0 Å². The van der Waals surface area contributed by atoms with Crippen molar-refractivity contribution in [2.75, 3.05) is 6.54 Å². The van der Waals surface area contributed by atoms with Gasteiger partial charge in [0.1, 0.15) is 0 Å². The highest BCUT2D eigenvalue weighted by atomic mass is 79.9. The Hall–Kier alpha value is -1.13. The molecule has 19 heavy (non-hydrogen) atoms. The number of nitrogens with zero attached hydrogens (tertiary/aromatic N) is 2. The maximum atomic E-state index is 4.38. The zero-order valence-corrected chi connectivity index (χ0v) is 13.2. The molecule has 3 nitrogen and oxygen atoms in total. The Balaban J connectivity index is 2.42. The summed E-state index contributed by atoms with van der Waals surface area (Å²) in [4.78, 5) is 0. The van der Waals surface area contributed by atoms with Gasteiger partial charge in [-0.1, -0.05) is 35.0 Å². The number of hydrogen-bond acceptors (Lipinski definition) is 2. The second kappa shape index (κ2) is 6.35. The number of halogens is 1. The van der Waals surface area contributed by atoms with Crippen LogP contribution in [0.15, 0.2) is 35.1 Å². The van der Waals surface area contributed by atoms with Gasteiger partial charge in [-0.2, -0.15) is 5.10 Å². The molecule has 1 aromatic carbocycles. The predicted molar refractivity (Wildman–Crippen MR) is 82.3 cm³/mol. The molecule has 1 atom stereocenters. The van der Waals surface area contributed by atoms with Crippen molar-refractivity contribution in [3.05, 3.63) is 51.8 Å². The minimum Gasteiger partial charge on any atom is -0.306 e. The molecule has 0 fully saturated rings. The lowest BCUT2D eigenvalue weighted by molar-refractivity contribution is 0.622. The molecule has 2 rings (SSSR count). The van der Waals surface area contributed by atoms with E-state index in [1.165, 1.54) is 16.7 Å². The quantitative estimate of drug-likeness (QED) is 0.910. The van der Waals surface area contributed by atoms with Crippen LogP contribution in [0.4, 0.5) is 0 Å². The van der Waals surface area contributed by atoms with Crippen molar-refractivity contribution in [1.29, 1.82) is 0 Å². The second-order valence-electron chi connectivity index (χ2n) is 4.57. The van der Waals surface area contributed by atoms with E-state index in [-0.39, 0.29) is 6.04 Å². The number of aromatic nitrogens is 2. The molecule has 2 aromatic rings. The van der Waals surface area contributed by atoms with Crippen LogP contribution in [0, 0.1) is 6.92 Å². The van der Waals surface area contributed by atoms with Crippen molar-refractivity contribution >= 4 is 15.9 Å². The maximum absolute atomic E-state index is 4.38. The van der Waals surface area contributed by atoms with Crippen LogP contribution < -0.4 is 5.32 Å². The Bertz CT molecular complexity index is 548. The predicted octanol–water partition coefficient (Wildman–Crippen LogP) is 3.67. The summed E-state index contributed by atoms with van der Waals surface area (Å²) in [6, 6.07) is 6.54. The zero-order valence-electron chi connectivity index (χ0n) is 11.7. The van der Waals surface area contributed by atoms with Crippen LogP contribution in [0.3, 0.4) is 0 Å². The van der Waals surface area contributed by atoms with Crippen LogP contribution in [0.1, 0.15) is 36.6 Å². The van der Waals surface area contributed by atoms with Crippen LogP contribution in [-0.2, 0) is 6.54 Å². The van der Waals surface area contributed by atoms with Gasteiger partial charge >= 0.3 is 0 Å². The largest absolute Gasteiger partial charge is 0.306 e. The smallest absolute Gasteiger partial charge is 0.0610 e. The monoisotopic (exact) mass is 321 g/mol. The number of rotatable bonds is 5. The van der Waals surface area contributed by atoms with Crippen LogP contribution in [0.2, 0.25) is 0 Å². The zero-order chi connectivity index (χ0) is 13.8. The molecule has 0 amide bonds. The summed E-state index contributed by atoms with van der Waals surface area (Å²) in [7, 11) is 0. The molecular weight excluding hydrogens is 302 g/mol. The fourth-order valence-corrected chi connectivity index (χ4v) is 2.63. The lowest BCUT2D eigenvalue weighted by atomic mass is 9.97. The molecule has 0 aliphatic heterocycles. The van der Waals surface area contributed by atoms with Gasteiger partial charge in [0.15, 0.2) is 0 Å². The van der Waals surface area contributed by atoms with E-state index in [9.17, 15) is 0 Å². The Morgan fingerprint density at radius 2 is 2.16 bits per heavy atom. The van der Waals surface area contributed by atoms with E-state index in [0.29, 0.717) is 0 Å². The summed E-state index contributed by atoms with van der Waals surface area (Å²) in [6.45, 7) is 8.20. The molecule has 0 saturated carbocycles. The number of nitrogens with one attached hydrogen (secondary N) is 1. The van der Waals surface area contributed by atoms with Gasteiger partial charge in [-0.25, -0.2) is 0 Å². The standard InChI is InChI=1S/C15H20BrN3/c1-4-17-15(12-9-18-19(5-2)10-12)13-7-6-8-14(16)11(13)3/h6-10,15,17H,4-5H2,1-3H3. The fourth-order valence-electron chi connectivity index (χ4n) is 2.25. The summed E-state index contributed by atoms with van der Waals surface area (Å²) in [5.74, 6) is 0. The first kappa shape index (κ1) is 14.3. The summed E-state index contributed by atoms with van der Waals surface area (Å²) in [6.07, 6.45) is 4.07. The van der Waals surface area contributed by atoms with Crippen LogP contribution >= 0.6 is 15.9 Å². The molecule has 1 aromatic heterocycles. The van der Waals surface area contributed by atoms with E-state index in [1.54, 1.807) is 0 Å². The van der Waals surface area contributed by atoms with Gasteiger partial charge in [0, 0.05) is 22.8 Å². The number of hydrogen-bond donors (Lipinski definition) is 1.